The van der Waals surface area contributed by atoms with E-state index < -0.39 is 0 Å². The van der Waals surface area contributed by atoms with Crippen LogP contribution < -0.4 is 11.1 Å². The van der Waals surface area contributed by atoms with Gasteiger partial charge in [-0.05, 0) is 19.1 Å². The molecule has 0 unspecified atom stereocenters. The second kappa shape index (κ2) is 4.86. The van der Waals surface area contributed by atoms with Crippen LogP contribution >= 0.6 is 0 Å². The lowest BCUT2D eigenvalue weighted by molar-refractivity contribution is 0.517. The van der Waals surface area contributed by atoms with Gasteiger partial charge in [-0.1, -0.05) is 6.92 Å². The summed E-state index contributed by atoms with van der Waals surface area (Å²) >= 11 is 0. The van der Waals surface area contributed by atoms with Crippen molar-refractivity contribution in [3.63, 3.8) is 0 Å². The number of hydrogen-bond donors (Lipinski definition) is 2. The Hall–Kier alpha value is -2.04. The lowest BCUT2D eigenvalue weighted by atomic mass is 10.3. The highest BCUT2D eigenvalue weighted by molar-refractivity contribution is 5.54. The second-order valence-electron chi connectivity index (χ2n) is 3.79. The van der Waals surface area contributed by atoms with Crippen LogP contribution in [0.5, 0.6) is 0 Å². The third-order valence-corrected chi connectivity index (χ3v) is 2.56. The van der Waals surface area contributed by atoms with Crippen molar-refractivity contribution < 1.29 is 4.42 Å². The van der Waals surface area contributed by atoms with Gasteiger partial charge in [-0.25, -0.2) is 9.97 Å². The Morgan fingerprint density at radius 3 is 2.88 bits per heavy atom. The minimum atomic E-state index is 0.527. The fourth-order valence-electron chi connectivity index (χ4n) is 1.50. The fourth-order valence-corrected chi connectivity index (χ4v) is 1.50. The quantitative estimate of drug-likeness (QED) is 0.844. The van der Waals surface area contributed by atoms with Gasteiger partial charge in [0.05, 0.1) is 12.8 Å². The van der Waals surface area contributed by atoms with E-state index in [9.17, 15) is 0 Å². The number of nitrogen functional groups attached to an aromatic ring is 1. The maximum atomic E-state index is 5.83. The highest BCUT2D eigenvalue weighted by atomic mass is 16.3. The van der Waals surface area contributed by atoms with Gasteiger partial charge in [-0.15, -0.1) is 0 Å². The molecule has 0 fully saturated rings. The van der Waals surface area contributed by atoms with Gasteiger partial charge in [0, 0.05) is 12.0 Å². The monoisotopic (exact) mass is 232 g/mol. The average Bonchev–Trinajstić information content (AvgIpc) is 2.84. The number of nitrogens with two attached hydrogens (primary N) is 1. The molecule has 2 heterocycles. The van der Waals surface area contributed by atoms with Crippen LogP contribution in [0.15, 0.2) is 22.8 Å². The zero-order chi connectivity index (χ0) is 12.3. The van der Waals surface area contributed by atoms with E-state index in [0.717, 1.165) is 29.4 Å². The molecule has 2 aromatic rings. The zero-order valence-electron chi connectivity index (χ0n) is 10.0. The Bertz CT molecular complexity index is 493. The summed E-state index contributed by atoms with van der Waals surface area (Å²) in [6.07, 6.45) is 2.41. The molecule has 90 valence electrons. The molecule has 3 N–H and O–H groups in total. The van der Waals surface area contributed by atoms with E-state index in [1.165, 1.54) is 0 Å². The Kier molecular flexibility index (Phi) is 3.27. The molecule has 17 heavy (non-hydrogen) atoms. The Morgan fingerprint density at radius 2 is 2.24 bits per heavy atom. The number of aryl methyl sites for hydroxylation is 1. The SMILES string of the molecule is CCc1nc(N)c(C)c(NCc2ccco2)n1. The summed E-state index contributed by atoms with van der Waals surface area (Å²) in [5.74, 6) is 2.90. The first-order valence-electron chi connectivity index (χ1n) is 5.60. The standard InChI is InChI=1S/C12H16N4O/c1-3-10-15-11(13)8(2)12(16-10)14-7-9-5-4-6-17-9/h4-6H,3,7H2,1-2H3,(H3,13,14,15,16). The molecule has 0 radical (unpaired) electrons. The van der Waals surface area contributed by atoms with Gasteiger partial charge in [0.25, 0.3) is 0 Å². The highest BCUT2D eigenvalue weighted by Crippen LogP contribution is 2.18. The van der Waals surface area contributed by atoms with Gasteiger partial charge < -0.3 is 15.5 Å². The van der Waals surface area contributed by atoms with Crippen LogP contribution in [0.4, 0.5) is 11.6 Å². The largest absolute Gasteiger partial charge is 0.467 e. The first kappa shape index (κ1) is 11.4. The number of nitrogens with zero attached hydrogens (tertiary/aromatic N) is 2. The molecule has 0 saturated heterocycles. The van der Waals surface area contributed by atoms with Gasteiger partial charge in [0.15, 0.2) is 0 Å². The number of hydrogen-bond acceptors (Lipinski definition) is 5. The van der Waals surface area contributed by atoms with Crippen LogP contribution in [0.25, 0.3) is 0 Å². The molecule has 0 bridgehead atoms. The molecule has 0 aliphatic carbocycles. The minimum absolute atomic E-state index is 0.527. The van der Waals surface area contributed by atoms with Crippen molar-refractivity contribution >= 4 is 11.6 Å². The predicted molar refractivity (Wildman–Crippen MR) is 66.6 cm³/mol. The summed E-state index contributed by atoms with van der Waals surface area (Å²) in [5, 5.41) is 3.21. The maximum absolute atomic E-state index is 5.83. The normalized spacial score (nSPS) is 10.5. The average molecular weight is 232 g/mol. The second-order valence-corrected chi connectivity index (χ2v) is 3.79. The Morgan fingerprint density at radius 1 is 1.41 bits per heavy atom. The molecule has 0 spiro atoms. The maximum Gasteiger partial charge on any atom is 0.135 e. The first-order valence-corrected chi connectivity index (χ1v) is 5.60. The predicted octanol–water partition coefficient (Wildman–Crippen LogP) is 2.13. The molecular formula is C12H16N4O. The molecule has 5 nitrogen and oxygen atoms in total. The Labute approximate surface area is 100 Å². The fraction of sp³-hybridized carbons (Fsp3) is 0.333. The number of anilines is 2. The van der Waals surface area contributed by atoms with Crippen LogP contribution in [-0.2, 0) is 13.0 Å². The van der Waals surface area contributed by atoms with E-state index in [-0.39, 0.29) is 0 Å². The van der Waals surface area contributed by atoms with Crippen LogP contribution in [0.1, 0.15) is 24.1 Å². The van der Waals surface area contributed by atoms with Gasteiger partial charge >= 0.3 is 0 Å². The van der Waals surface area contributed by atoms with Gasteiger partial charge in [-0.3, -0.25) is 0 Å². The Balaban J connectivity index is 2.17. The van der Waals surface area contributed by atoms with E-state index in [4.69, 9.17) is 10.2 Å². The number of rotatable bonds is 4. The molecule has 0 atom stereocenters. The number of nitrogens with one attached hydrogen (secondary N) is 1. The van der Waals surface area contributed by atoms with E-state index in [1.807, 2.05) is 26.0 Å². The van der Waals surface area contributed by atoms with Gasteiger partial charge in [0.2, 0.25) is 0 Å². The molecule has 2 aromatic heterocycles. The molecule has 5 heteroatoms. The third kappa shape index (κ3) is 2.55. The summed E-state index contributed by atoms with van der Waals surface area (Å²) in [6.45, 7) is 4.49. The molecule has 0 amide bonds. The molecule has 0 aliphatic rings. The molecular weight excluding hydrogens is 216 g/mol. The number of aromatic nitrogens is 2. The lowest BCUT2D eigenvalue weighted by Crippen LogP contribution is -2.09. The van der Waals surface area contributed by atoms with E-state index in [1.54, 1.807) is 6.26 Å². The van der Waals surface area contributed by atoms with Crippen molar-refractivity contribution in [2.45, 2.75) is 26.8 Å². The summed E-state index contributed by atoms with van der Waals surface area (Å²) in [6, 6.07) is 3.77. The number of furan rings is 1. The van der Waals surface area contributed by atoms with Gasteiger partial charge in [-0.2, -0.15) is 0 Å². The van der Waals surface area contributed by atoms with E-state index >= 15 is 0 Å². The lowest BCUT2D eigenvalue weighted by Gasteiger charge is -2.10. The van der Waals surface area contributed by atoms with E-state index in [0.29, 0.717) is 12.4 Å². The molecule has 0 saturated carbocycles. The van der Waals surface area contributed by atoms with Crippen LogP contribution in [0.3, 0.4) is 0 Å². The zero-order valence-corrected chi connectivity index (χ0v) is 10.0. The van der Waals surface area contributed by atoms with Crippen molar-refractivity contribution in [2.24, 2.45) is 0 Å². The van der Waals surface area contributed by atoms with Crippen molar-refractivity contribution in [3.8, 4) is 0 Å². The highest BCUT2D eigenvalue weighted by Gasteiger charge is 2.07. The molecule has 0 aliphatic heterocycles. The molecule has 2 rings (SSSR count). The summed E-state index contributed by atoms with van der Waals surface area (Å²) < 4.78 is 5.24. The summed E-state index contributed by atoms with van der Waals surface area (Å²) in [4.78, 5) is 8.61. The van der Waals surface area contributed by atoms with Gasteiger partial charge in [0.1, 0.15) is 23.2 Å². The van der Waals surface area contributed by atoms with E-state index in [2.05, 4.69) is 15.3 Å². The summed E-state index contributed by atoms with van der Waals surface area (Å²) in [5.41, 5.74) is 6.70. The third-order valence-electron chi connectivity index (χ3n) is 2.56. The smallest absolute Gasteiger partial charge is 0.135 e. The van der Waals surface area contributed by atoms with Crippen LogP contribution in [0, 0.1) is 6.92 Å². The van der Waals surface area contributed by atoms with Crippen LogP contribution in [0.2, 0.25) is 0 Å². The van der Waals surface area contributed by atoms with Crippen molar-refractivity contribution in [3.05, 3.63) is 35.5 Å². The topological polar surface area (TPSA) is 77.0 Å². The first-order chi connectivity index (χ1) is 8.20. The molecule has 0 aromatic carbocycles. The summed E-state index contributed by atoms with van der Waals surface area (Å²) in [7, 11) is 0. The van der Waals surface area contributed by atoms with Crippen molar-refractivity contribution in [2.75, 3.05) is 11.1 Å². The van der Waals surface area contributed by atoms with Crippen LogP contribution in [-0.4, -0.2) is 9.97 Å². The van der Waals surface area contributed by atoms with Crippen molar-refractivity contribution in [1.82, 2.24) is 9.97 Å². The van der Waals surface area contributed by atoms with Crippen molar-refractivity contribution in [1.29, 1.82) is 0 Å². The minimum Gasteiger partial charge on any atom is -0.467 e.